The van der Waals surface area contributed by atoms with Gasteiger partial charge in [0.05, 0.1) is 6.42 Å². The van der Waals surface area contributed by atoms with Crippen molar-refractivity contribution in [3.63, 3.8) is 0 Å². The summed E-state index contributed by atoms with van der Waals surface area (Å²) in [4.78, 5) is 26.9. The molecule has 0 aliphatic carbocycles. The van der Waals surface area contributed by atoms with Crippen molar-refractivity contribution < 1.29 is 4.79 Å². The van der Waals surface area contributed by atoms with Crippen LogP contribution in [0.25, 0.3) is 0 Å². The van der Waals surface area contributed by atoms with E-state index < -0.39 is 0 Å². The summed E-state index contributed by atoms with van der Waals surface area (Å²) in [6.07, 6.45) is 1.81. The Morgan fingerprint density at radius 3 is 2.78 bits per heavy atom. The second-order valence-corrected chi connectivity index (χ2v) is 4.03. The van der Waals surface area contributed by atoms with Crippen molar-refractivity contribution in [2.24, 2.45) is 5.18 Å². The first kappa shape index (κ1) is 12.1. The minimum atomic E-state index is -0.146. The van der Waals surface area contributed by atoms with Gasteiger partial charge in [-0.2, -0.15) is 0 Å². The smallest absolute Gasteiger partial charge is 0.171 e. The molecule has 0 saturated carbocycles. The molecule has 2 aromatic rings. The van der Waals surface area contributed by atoms with Crippen molar-refractivity contribution in [1.82, 2.24) is 4.98 Å². The third kappa shape index (κ3) is 2.66. The molecule has 0 unspecified atom stereocenters. The van der Waals surface area contributed by atoms with E-state index in [1.807, 2.05) is 13.0 Å². The molecule has 0 amide bonds. The number of hydrogen-bond donors (Lipinski definition) is 0. The van der Waals surface area contributed by atoms with Gasteiger partial charge in [0.1, 0.15) is 5.69 Å². The van der Waals surface area contributed by atoms with E-state index in [2.05, 4.69) is 10.2 Å². The molecule has 0 spiro atoms. The van der Waals surface area contributed by atoms with Gasteiger partial charge in [-0.25, -0.2) is 0 Å². The van der Waals surface area contributed by atoms with E-state index in [1.54, 1.807) is 36.5 Å². The lowest BCUT2D eigenvalue weighted by Crippen LogP contribution is -2.05. The average Bonchev–Trinajstić information content (AvgIpc) is 2.40. The molecule has 18 heavy (non-hydrogen) atoms. The molecule has 1 aromatic heterocycles. The molecule has 0 fully saturated rings. The van der Waals surface area contributed by atoms with Crippen LogP contribution in [0.2, 0.25) is 0 Å². The summed E-state index contributed by atoms with van der Waals surface area (Å²) < 4.78 is 0. The van der Waals surface area contributed by atoms with Crippen LogP contribution >= 0.6 is 0 Å². The van der Waals surface area contributed by atoms with Gasteiger partial charge in [-0.15, -0.1) is 4.91 Å². The molecule has 2 rings (SSSR count). The van der Waals surface area contributed by atoms with Crippen molar-refractivity contribution in [1.29, 1.82) is 0 Å². The molecule has 0 bridgehead atoms. The lowest BCUT2D eigenvalue weighted by atomic mass is 10.0. The van der Waals surface area contributed by atoms with Gasteiger partial charge in [0.15, 0.2) is 5.78 Å². The van der Waals surface area contributed by atoms with Gasteiger partial charge in [0.25, 0.3) is 0 Å². The summed E-state index contributed by atoms with van der Waals surface area (Å²) in [7, 11) is 0. The number of hydrogen-bond acceptors (Lipinski definition) is 4. The molecule has 0 aliphatic rings. The summed E-state index contributed by atoms with van der Waals surface area (Å²) >= 11 is 0. The first-order chi connectivity index (χ1) is 8.70. The molecule has 0 atom stereocenters. The van der Waals surface area contributed by atoms with Crippen LogP contribution in [-0.2, 0) is 6.42 Å². The number of carbonyl (C=O) groups is 1. The van der Waals surface area contributed by atoms with Gasteiger partial charge < -0.3 is 0 Å². The molecule has 1 heterocycles. The Morgan fingerprint density at radius 2 is 2.11 bits per heavy atom. The molecule has 90 valence electrons. The summed E-state index contributed by atoms with van der Waals surface area (Å²) in [5, 5.41) is 2.88. The lowest BCUT2D eigenvalue weighted by Gasteiger charge is -2.04. The quantitative estimate of drug-likeness (QED) is 0.609. The Morgan fingerprint density at radius 1 is 1.28 bits per heavy atom. The second kappa shape index (κ2) is 5.31. The van der Waals surface area contributed by atoms with Crippen molar-refractivity contribution in [2.75, 3.05) is 0 Å². The van der Waals surface area contributed by atoms with Gasteiger partial charge in [0, 0.05) is 17.5 Å². The third-order valence-electron chi connectivity index (χ3n) is 2.62. The maximum Gasteiger partial charge on any atom is 0.171 e. The molecule has 0 aliphatic heterocycles. The lowest BCUT2D eigenvalue weighted by molar-refractivity contribution is 0.0992. The number of ketones is 1. The first-order valence-electron chi connectivity index (χ1n) is 5.58. The molecule has 0 saturated heterocycles. The molecule has 4 heteroatoms. The van der Waals surface area contributed by atoms with Crippen LogP contribution in [0, 0.1) is 11.8 Å². The Hall–Kier alpha value is -2.36. The van der Waals surface area contributed by atoms with E-state index in [9.17, 15) is 9.70 Å². The van der Waals surface area contributed by atoms with Crippen molar-refractivity contribution in [2.45, 2.75) is 13.3 Å². The van der Waals surface area contributed by atoms with Crippen LogP contribution in [0.1, 0.15) is 21.6 Å². The summed E-state index contributed by atoms with van der Waals surface area (Å²) in [5.74, 6) is -0.146. The summed E-state index contributed by atoms with van der Waals surface area (Å²) in [6, 6.07) is 10.4. The number of rotatable bonds is 4. The van der Waals surface area contributed by atoms with Crippen LogP contribution in [0.15, 0.2) is 47.8 Å². The number of benzene rings is 1. The van der Waals surface area contributed by atoms with E-state index in [0.29, 0.717) is 11.3 Å². The Kier molecular flexibility index (Phi) is 3.57. The Balaban J connectivity index is 2.29. The summed E-state index contributed by atoms with van der Waals surface area (Å²) in [6.45, 7) is 1.87. The summed E-state index contributed by atoms with van der Waals surface area (Å²) in [5.41, 5.74) is 2.14. The normalized spacial score (nSPS) is 10.1. The monoisotopic (exact) mass is 240 g/mol. The minimum absolute atomic E-state index is 0.146. The number of pyridine rings is 1. The van der Waals surface area contributed by atoms with E-state index in [0.717, 1.165) is 5.56 Å². The van der Waals surface area contributed by atoms with E-state index in [-0.39, 0.29) is 17.9 Å². The zero-order chi connectivity index (χ0) is 13.0. The predicted molar refractivity (Wildman–Crippen MR) is 68.9 cm³/mol. The molecular weight excluding hydrogens is 228 g/mol. The SMILES string of the molecule is Cc1ccc(N=O)c(C(=O)Cc2ccccn2)c1. The maximum absolute atomic E-state index is 12.1. The Bertz CT molecular complexity index is 580. The van der Waals surface area contributed by atoms with Gasteiger partial charge in [-0.05, 0) is 36.4 Å². The molecule has 1 aromatic carbocycles. The Labute approximate surface area is 105 Å². The fraction of sp³-hybridized carbons (Fsp3) is 0.143. The van der Waals surface area contributed by atoms with Crippen molar-refractivity contribution in [3.05, 3.63) is 64.3 Å². The van der Waals surface area contributed by atoms with Crippen LogP contribution in [0.4, 0.5) is 5.69 Å². The molecule has 0 N–H and O–H groups in total. The highest BCUT2D eigenvalue weighted by molar-refractivity contribution is 6.01. The van der Waals surface area contributed by atoms with Crippen molar-refractivity contribution in [3.8, 4) is 0 Å². The number of aromatic nitrogens is 1. The van der Waals surface area contributed by atoms with E-state index in [4.69, 9.17) is 0 Å². The molecule has 4 nitrogen and oxygen atoms in total. The highest BCUT2D eigenvalue weighted by Gasteiger charge is 2.13. The van der Waals surface area contributed by atoms with Crippen LogP contribution in [-0.4, -0.2) is 10.8 Å². The van der Waals surface area contributed by atoms with Gasteiger partial charge in [-0.1, -0.05) is 17.7 Å². The fourth-order valence-electron chi connectivity index (χ4n) is 1.72. The van der Waals surface area contributed by atoms with Crippen molar-refractivity contribution >= 4 is 11.5 Å². The largest absolute Gasteiger partial charge is 0.294 e. The van der Waals surface area contributed by atoms with Crippen LogP contribution in [0.3, 0.4) is 0 Å². The maximum atomic E-state index is 12.1. The standard InChI is InChI=1S/C14H12N2O2/c1-10-5-6-13(16-18)12(8-10)14(17)9-11-4-2-3-7-15-11/h2-8H,9H2,1H3. The highest BCUT2D eigenvalue weighted by atomic mass is 16.3. The first-order valence-corrected chi connectivity index (χ1v) is 5.58. The number of aryl methyl sites for hydroxylation is 1. The van der Waals surface area contributed by atoms with E-state index in [1.165, 1.54) is 0 Å². The van der Waals surface area contributed by atoms with Gasteiger partial charge >= 0.3 is 0 Å². The second-order valence-electron chi connectivity index (χ2n) is 4.03. The fourth-order valence-corrected chi connectivity index (χ4v) is 1.72. The number of Topliss-reactive ketones (excluding diaryl/α,β-unsaturated/α-hetero) is 1. The van der Waals surface area contributed by atoms with E-state index >= 15 is 0 Å². The van der Waals surface area contributed by atoms with Crippen LogP contribution < -0.4 is 0 Å². The van der Waals surface area contributed by atoms with Gasteiger partial charge in [-0.3, -0.25) is 9.78 Å². The molecular formula is C14H12N2O2. The molecule has 0 radical (unpaired) electrons. The minimum Gasteiger partial charge on any atom is -0.294 e. The number of carbonyl (C=O) groups excluding carboxylic acids is 1. The predicted octanol–water partition coefficient (Wildman–Crippen LogP) is 3.21. The topological polar surface area (TPSA) is 59.4 Å². The zero-order valence-electron chi connectivity index (χ0n) is 9.96. The average molecular weight is 240 g/mol. The zero-order valence-corrected chi connectivity index (χ0v) is 9.96. The van der Waals surface area contributed by atoms with Crippen LogP contribution in [0.5, 0.6) is 0 Å². The number of nitrogens with zero attached hydrogens (tertiary/aromatic N) is 2. The highest BCUT2D eigenvalue weighted by Crippen LogP contribution is 2.21. The van der Waals surface area contributed by atoms with Gasteiger partial charge in [0.2, 0.25) is 0 Å². The number of nitroso groups, excluding NO2 is 1. The third-order valence-corrected chi connectivity index (χ3v) is 2.62.